The third-order valence-corrected chi connectivity index (χ3v) is 5.23. The van der Waals surface area contributed by atoms with Gasteiger partial charge in [0.1, 0.15) is 0 Å². The largest absolute Gasteiger partial charge is 0.348 e. The standard InChI is InChI=1S/C17H21ClN8OS/c1-10-11(18)7-6-8-12(10)19-13(27)9-28-17-23-22-15-20-14(24(2)3)21-16(25(4)5)26(15)17/h6-8H,9H2,1-5H3,(H,19,27). The molecule has 3 aromatic rings. The molecule has 2 heterocycles. The summed E-state index contributed by atoms with van der Waals surface area (Å²) in [5.74, 6) is 1.59. The van der Waals surface area contributed by atoms with Gasteiger partial charge in [-0.2, -0.15) is 9.97 Å². The second-order valence-corrected chi connectivity index (χ2v) is 7.83. The Hall–Kier alpha value is -2.59. The predicted octanol–water partition coefficient (Wildman–Crippen LogP) is 2.34. The number of benzene rings is 1. The summed E-state index contributed by atoms with van der Waals surface area (Å²) in [6.45, 7) is 1.86. The number of nitrogens with one attached hydrogen (secondary N) is 1. The van der Waals surface area contributed by atoms with Crippen molar-refractivity contribution in [3.8, 4) is 0 Å². The summed E-state index contributed by atoms with van der Waals surface area (Å²) in [6.07, 6.45) is 0. The molecule has 0 spiro atoms. The molecule has 0 radical (unpaired) electrons. The van der Waals surface area contributed by atoms with Gasteiger partial charge in [-0.3, -0.25) is 4.79 Å². The predicted molar refractivity (Wildman–Crippen MR) is 113 cm³/mol. The number of hydrogen-bond acceptors (Lipinski definition) is 8. The Morgan fingerprint density at radius 2 is 1.93 bits per heavy atom. The van der Waals surface area contributed by atoms with Gasteiger partial charge >= 0.3 is 0 Å². The zero-order valence-corrected chi connectivity index (χ0v) is 17.8. The van der Waals surface area contributed by atoms with Gasteiger partial charge < -0.3 is 15.1 Å². The molecule has 148 valence electrons. The van der Waals surface area contributed by atoms with Crippen LogP contribution in [0.3, 0.4) is 0 Å². The zero-order chi connectivity index (χ0) is 20.4. The van der Waals surface area contributed by atoms with Crippen LogP contribution >= 0.6 is 23.4 Å². The highest BCUT2D eigenvalue weighted by molar-refractivity contribution is 7.99. The van der Waals surface area contributed by atoms with E-state index in [1.807, 2.05) is 46.1 Å². The number of nitrogens with zero attached hydrogens (tertiary/aromatic N) is 7. The number of thioether (sulfide) groups is 1. The van der Waals surface area contributed by atoms with E-state index in [4.69, 9.17) is 11.6 Å². The van der Waals surface area contributed by atoms with Gasteiger partial charge in [0.05, 0.1) is 5.75 Å². The minimum atomic E-state index is -0.163. The molecule has 28 heavy (non-hydrogen) atoms. The fourth-order valence-corrected chi connectivity index (χ4v) is 3.31. The number of fused-ring (bicyclic) bond motifs is 1. The highest BCUT2D eigenvalue weighted by Gasteiger charge is 2.18. The van der Waals surface area contributed by atoms with Crippen LogP contribution in [0.2, 0.25) is 5.02 Å². The Balaban J connectivity index is 1.81. The summed E-state index contributed by atoms with van der Waals surface area (Å²) in [4.78, 5) is 25.0. The highest BCUT2D eigenvalue weighted by Crippen LogP contribution is 2.25. The number of carbonyl (C=O) groups excluding carboxylic acids is 1. The Bertz CT molecular complexity index is 1020. The molecule has 0 atom stereocenters. The molecule has 9 nitrogen and oxygen atoms in total. The van der Waals surface area contributed by atoms with Crippen molar-refractivity contribution >= 4 is 52.6 Å². The molecule has 2 aromatic heterocycles. The molecule has 0 aliphatic rings. The van der Waals surface area contributed by atoms with Gasteiger partial charge in [-0.05, 0) is 24.6 Å². The van der Waals surface area contributed by atoms with Crippen LogP contribution in [-0.2, 0) is 4.79 Å². The average Bonchev–Trinajstić information content (AvgIpc) is 3.06. The van der Waals surface area contributed by atoms with E-state index in [1.54, 1.807) is 21.4 Å². The second-order valence-electron chi connectivity index (χ2n) is 6.48. The van der Waals surface area contributed by atoms with Crippen LogP contribution in [0.4, 0.5) is 17.6 Å². The van der Waals surface area contributed by atoms with Crippen molar-refractivity contribution in [2.45, 2.75) is 12.1 Å². The Labute approximate surface area is 172 Å². The van der Waals surface area contributed by atoms with Crippen molar-refractivity contribution in [3.63, 3.8) is 0 Å². The molecular weight excluding hydrogens is 400 g/mol. The highest BCUT2D eigenvalue weighted by atomic mass is 35.5. The van der Waals surface area contributed by atoms with Crippen LogP contribution in [0.25, 0.3) is 5.78 Å². The molecule has 0 aliphatic heterocycles. The Kier molecular flexibility index (Phi) is 5.90. The van der Waals surface area contributed by atoms with Crippen molar-refractivity contribution in [2.75, 3.05) is 49.1 Å². The van der Waals surface area contributed by atoms with E-state index in [0.29, 0.717) is 33.5 Å². The van der Waals surface area contributed by atoms with E-state index in [1.165, 1.54) is 11.8 Å². The van der Waals surface area contributed by atoms with Crippen LogP contribution in [0.15, 0.2) is 23.4 Å². The number of carbonyl (C=O) groups is 1. The van der Waals surface area contributed by atoms with Gasteiger partial charge in [-0.15, -0.1) is 10.2 Å². The zero-order valence-electron chi connectivity index (χ0n) is 16.3. The maximum atomic E-state index is 12.4. The third-order valence-electron chi connectivity index (χ3n) is 3.89. The lowest BCUT2D eigenvalue weighted by molar-refractivity contribution is -0.113. The molecule has 3 rings (SSSR count). The molecule has 0 aliphatic carbocycles. The molecule has 0 saturated heterocycles. The topological polar surface area (TPSA) is 91.5 Å². The molecule has 0 unspecified atom stereocenters. The van der Waals surface area contributed by atoms with E-state index < -0.39 is 0 Å². The minimum absolute atomic E-state index is 0.162. The maximum absolute atomic E-state index is 12.4. The fraction of sp³-hybridized carbons (Fsp3) is 0.353. The number of halogens is 1. The van der Waals surface area contributed by atoms with Crippen molar-refractivity contribution in [1.82, 2.24) is 24.6 Å². The van der Waals surface area contributed by atoms with Gasteiger partial charge in [-0.1, -0.05) is 29.4 Å². The molecule has 11 heteroatoms. The quantitative estimate of drug-likeness (QED) is 0.607. The van der Waals surface area contributed by atoms with Crippen molar-refractivity contribution in [2.24, 2.45) is 0 Å². The summed E-state index contributed by atoms with van der Waals surface area (Å²) in [5.41, 5.74) is 1.52. The van der Waals surface area contributed by atoms with Crippen molar-refractivity contribution < 1.29 is 4.79 Å². The number of rotatable bonds is 6. The van der Waals surface area contributed by atoms with E-state index in [0.717, 1.165) is 5.56 Å². The van der Waals surface area contributed by atoms with Gasteiger partial charge in [0, 0.05) is 38.9 Å². The van der Waals surface area contributed by atoms with Gasteiger partial charge in [0.15, 0.2) is 5.16 Å². The van der Waals surface area contributed by atoms with E-state index in [-0.39, 0.29) is 11.7 Å². The summed E-state index contributed by atoms with van der Waals surface area (Å²) in [7, 11) is 7.48. The maximum Gasteiger partial charge on any atom is 0.261 e. The lowest BCUT2D eigenvalue weighted by atomic mass is 10.2. The Morgan fingerprint density at radius 3 is 2.61 bits per heavy atom. The number of aromatic nitrogens is 5. The van der Waals surface area contributed by atoms with Crippen LogP contribution in [-0.4, -0.2) is 64.4 Å². The monoisotopic (exact) mass is 420 g/mol. The normalized spacial score (nSPS) is 10.9. The summed E-state index contributed by atoms with van der Waals surface area (Å²) in [6, 6.07) is 5.40. The van der Waals surface area contributed by atoms with Crippen molar-refractivity contribution in [3.05, 3.63) is 28.8 Å². The first-order chi connectivity index (χ1) is 13.3. The lowest BCUT2D eigenvalue weighted by Crippen LogP contribution is -2.21. The smallest absolute Gasteiger partial charge is 0.261 e. The molecule has 0 bridgehead atoms. The summed E-state index contributed by atoms with van der Waals surface area (Å²) < 4.78 is 1.73. The van der Waals surface area contributed by atoms with Crippen molar-refractivity contribution in [1.29, 1.82) is 0 Å². The molecular formula is C17H21ClN8OS. The lowest BCUT2D eigenvalue weighted by Gasteiger charge is -2.17. The first-order valence-electron chi connectivity index (χ1n) is 8.43. The molecule has 1 aromatic carbocycles. The first-order valence-corrected chi connectivity index (χ1v) is 9.80. The summed E-state index contributed by atoms with van der Waals surface area (Å²) >= 11 is 7.37. The van der Waals surface area contributed by atoms with E-state index in [9.17, 15) is 4.79 Å². The molecule has 0 saturated carbocycles. The minimum Gasteiger partial charge on any atom is -0.348 e. The fourth-order valence-electron chi connectivity index (χ4n) is 2.42. The van der Waals surface area contributed by atoms with Crippen LogP contribution in [0, 0.1) is 6.92 Å². The van der Waals surface area contributed by atoms with Crippen LogP contribution in [0.5, 0.6) is 0 Å². The number of hydrogen-bond donors (Lipinski definition) is 1. The molecule has 1 N–H and O–H groups in total. The molecule has 0 fully saturated rings. The SMILES string of the molecule is Cc1c(Cl)cccc1NC(=O)CSc1nnc2nc(N(C)C)nc(N(C)C)n12. The number of anilines is 3. The number of amides is 1. The van der Waals surface area contributed by atoms with E-state index >= 15 is 0 Å². The van der Waals surface area contributed by atoms with Gasteiger partial charge in [-0.25, -0.2) is 4.40 Å². The van der Waals surface area contributed by atoms with Gasteiger partial charge in [0.25, 0.3) is 5.78 Å². The van der Waals surface area contributed by atoms with Crippen LogP contribution < -0.4 is 15.1 Å². The second kappa shape index (κ2) is 8.19. The first kappa shape index (κ1) is 20.2. The summed E-state index contributed by atoms with van der Waals surface area (Å²) in [5, 5.41) is 12.3. The molecule has 1 amide bonds. The van der Waals surface area contributed by atoms with E-state index in [2.05, 4.69) is 25.5 Å². The average molecular weight is 421 g/mol. The Morgan fingerprint density at radius 1 is 1.18 bits per heavy atom. The third kappa shape index (κ3) is 4.12. The van der Waals surface area contributed by atoms with Crippen LogP contribution in [0.1, 0.15) is 5.56 Å². The van der Waals surface area contributed by atoms with Gasteiger partial charge in [0.2, 0.25) is 17.8 Å².